The van der Waals surface area contributed by atoms with Gasteiger partial charge >= 0.3 is 0 Å². The number of phenolic OH excluding ortho intramolecular Hbond substituents is 2. The van der Waals surface area contributed by atoms with Gasteiger partial charge in [-0.15, -0.1) is 0 Å². The Kier molecular flexibility index (Phi) is 12.7. The molecule has 2 aromatic rings. The molecule has 2 rings (SSSR count). The van der Waals surface area contributed by atoms with E-state index in [1.54, 1.807) is 0 Å². The number of phenols is 2. The summed E-state index contributed by atoms with van der Waals surface area (Å²) < 4.78 is 7.09. The van der Waals surface area contributed by atoms with Crippen LogP contribution >= 0.6 is 0 Å². The summed E-state index contributed by atoms with van der Waals surface area (Å²) in [5.74, 6) is 0.0118. The molecular formula is C40H60N2O5. The molecule has 4 N–H and O–H groups in total. The molecule has 2 atom stereocenters. The van der Waals surface area contributed by atoms with Crippen LogP contribution in [0.25, 0.3) is 0 Å². The number of hydrogen-bond acceptors (Lipinski definition) is 5. The SMILES string of the molecule is C=CC(=O)NCCC(OC(CCNC(=O)C=C)c1cc(C(C)(C)C)c(O)c(C(C)(C)C)c1)c1cc(C(C)(C)C)c(O)c(C(C)(C)C)c1. The van der Waals surface area contributed by atoms with Gasteiger partial charge in [0.05, 0.1) is 12.2 Å². The maximum Gasteiger partial charge on any atom is 0.243 e. The number of aromatic hydroxyl groups is 2. The van der Waals surface area contributed by atoms with Gasteiger partial charge in [0.15, 0.2) is 0 Å². The molecule has 7 heteroatoms. The molecular weight excluding hydrogens is 588 g/mol. The zero-order chi connectivity index (χ0) is 36.1. The number of hydrogen-bond donors (Lipinski definition) is 4. The monoisotopic (exact) mass is 648 g/mol. The number of ether oxygens (including phenoxy) is 1. The van der Waals surface area contributed by atoms with Gasteiger partial charge in [0.25, 0.3) is 0 Å². The van der Waals surface area contributed by atoms with E-state index >= 15 is 0 Å². The van der Waals surface area contributed by atoms with Crippen LogP contribution in [0.15, 0.2) is 49.6 Å². The molecule has 47 heavy (non-hydrogen) atoms. The smallest absolute Gasteiger partial charge is 0.243 e. The number of amides is 2. The van der Waals surface area contributed by atoms with Crippen molar-refractivity contribution in [2.45, 2.75) is 130 Å². The standard InChI is InChI=1S/C40H60N2O5/c1-15-33(43)41-19-17-31(25-21-27(37(3,4)5)35(45)28(22-25)38(6,7)8)47-32(18-20-42-34(44)16-2)26-23-29(39(9,10)11)36(46)30(24-26)40(12,13)14/h15-16,21-24,31-32,45-46H,1-2,17-20H2,3-14H3,(H,41,43)(H,42,44). The van der Waals surface area contributed by atoms with Gasteiger partial charge in [-0.05, 0) is 104 Å². The maximum atomic E-state index is 12.1. The van der Waals surface area contributed by atoms with Crippen molar-refractivity contribution in [1.29, 1.82) is 0 Å². The highest BCUT2D eigenvalue weighted by molar-refractivity contribution is 5.87. The first-order valence-electron chi connectivity index (χ1n) is 16.6. The second kappa shape index (κ2) is 15.1. The lowest BCUT2D eigenvalue weighted by Crippen LogP contribution is -2.27. The van der Waals surface area contributed by atoms with Gasteiger partial charge in [-0.3, -0.25) is 9.59 Å². The van der Waals surface area contributed by atoms with E-state index in [9.17, 15) is 19.8 Å². The van der Waals surface area contributed by atoms with Crippen LogP contribution in [-0.4, -0.2) is 35.1 Å². The van der Waals surface area contributed by atoms with Crippen LogP contribution in [0.2, 0.25) is 0 Å². The summed E-state index contributed by atoms with van der Waals surface area (Å²) in [6, 6.07) is 8.05. The fraction of sp³-hybridized carbons (Fsp3) is 0.550. The van der Waals surface area contributed by atoms with Gasteiger partial charge in [0.2, 0.25) is 11.8 Å². The molecule has 7 nitrogen and oxygen atoms in total. The van der Waals surface area contributed by atoms with Crippen LogP contribution in [0.3, 0.4) is 0 Å². The molecule has 0 heterocycles. The van der Waals surface area contributed by atoms with E-state index in [1.165, 1.54) is 12.2 Å². The molecule has 0 saturated heterocycles. The fourth-order valence-electron chi connectivity index (χ4n) is 5.59. The predicted molar refractivity (Wildman–Crippen MR) is 193 cm³/mol. The molecule has 0 aliphatic heterocycles. The molecule has 2 unspecified atom stereocenters. The second-order valence-corrected chi connectivity index (χ2v) is 16.6. The quantitative estimate of drug-likeness (QED) is 0.173. The first-order chi connectivity index (χ1) is 21.4. The lowest BCUT2D eigenvalue weighted by molar-refractivity contribution is -0.117. The Morgan fingerprint density at radius 3 is 1.09 bits per heavy atom. The Bertz CT molecular complexity index is 1270. The molecule has 0 aromatic heterocycles. The van der Waals surface area contributed by atoms with Crippen molar-refractivity contribution in [3.8, 4) is 11.5 Å². The third-order valence-electron chi connectivity index (χ3n) is 8.35. The summed E-state index contributed by atoms with van der Waals surface area (Å²) in [6.45, 7) is 32.7. The van der Waals surface area contributed by atoms with Crippen LogP contribution in [0.5, 0.6) is 11.5 Å². The average molecular weight is 649 g/mol. The number of rotatable bonds is 12. The van der Waals surface area contributed by atoms with Crippen LogP contribution < -0.4 is 10.6 Å². The van der Waals surface area contributed by atoms with E-state index in [-0.39, 0.29) is 45.0 Å². The van der Waals surface area contributed by atoms with Crippen LogP contribution in [0.1, 0.15) is 142 Å². The lowest BCUT2D eigenvalue weighted by atomic mass is 9.77. The minimum atomic E-state index is -0.493. The van der Waals surface area contributed by atoms with Crippen molar-refractivity contribution in [3.63, 3.8) is 0 Å². The number of carbonyl (C=O) groups is 2. The second-order valence-electron chi connectivity index (χ2n) is 16.6. The van der Waals surface area contributed by atoms with Crippen molar-refractivity contribution in [2.24, 2.45) is 0 Å². The van der Waals surface area contributed by atoms with E-state index in [4.69, 9.17) is 4.74 Å². The Morgan fingerprint density at radius 1 is 0.617 bits per heavy atom. The normalized spacial score (nSPS) is 13.9. The summed E-state index contributed by atoms with van der Waals surface area (Å²) >= 11 is 0. The highest BCUT2D eigenvalue weighted by atomic mass is 16.5. The van der Waals surface area contributed by atoms with Crippen molar-refractivity contribution < 1.29 is 24.5 Å². The van der Waals surface area contributed by atoms with E-state index < -0.39 is 12.2 Å². The molecule has 0 spiro atoms. The first kappa shape index (κ1) is 39.6. The van der Waals surface area contributed by atoms with Gasteiger partial charge in [0.1, 0.15) is 11.5 Å². The molecule has 260 valence electrons. The minimum Gasteiger partial charge on any atom is -0.507 e. The van der Waals surface area contributed by atoms with Crippen molar-refractivity contribution in [2.75, 3.05) is 13.1 Å². The molecule has 0 radical (unpaired) electrons. The van der Waals surface area contributed by atoms with Gasteiger partial charge in [0, 0.05) is 13.1 Å². The molecule has 2 aromatic carbocycles. The molecule has 0 fully saturated rings. The predicted octanol–water partition coefficient (Wildman–Crippen LogP) is 8.47. The number of nitrogens with one attached hydrogen (secondary N) is 2. The van der Waals surface area contributed by atoms with Gasteiger partial charge in [-0.2, -0.15) is 0 Å². The Hall–Kier alpha value is -3.58. The molecule has 0 bridgehead atoms. The van der Waals surface area contributed by atoms with E-state index in [2.05, 4.69) is 107 Å². The molecule has 0 saturated carbocycles. The molecule has 2 amide bonds. The third-order valence-corrected chi connectivity index (χ3v) is 8.35. The number of carbonyl (C=O) groups excluding carboxylic acids is 2. The first-order valence-corrected chi connectivity index (χ1v) is 16.6. The summed E-state index contributed by atoms with van der Waals surface area (Å²) in [7, 11) is 0. The van der Waals surface area contributed by atoms with Gasteiger partial charge in [-0.25, -0.2) is 0 Å². The topological polar surface area (TPSA) is 108 Å². The van der Waals surface area contributed by atoms with Crippen molar-refractivity contribution in [3.05, 3.63) is 83.0 Å². The Labute approximate surface area is 283 Å². The Balaban J connectivity index is 2.86. The molecule has 0 aliphatic carbocycles. The maximum absolute atomic E-state index is 12.1. The largest absolute Gasteiger partial charge is 0.507 e. The fourth-order valence-corrected chi connectivity index (χ4v) is 5.59. The van der Waals surface area contributed by atoms with Crippen LogP contribution in [0.4, 0.5) is 0 Å². The van der Waals surface area contributed by atoms with Crippen molar-refractivity contribution in [1.82, 2.24) is 10.6 Å². The zero-order valence-corrected chi connectivity index (χ0v) is 31.0. The summed E-state index contributed by atoms with van der Waals surface area (Å²) in [4.78, 5) is 24.3. The molecule has 0 aliphatic rings. The number of benzene rings is 2. The van der Waals surface area contributed by atoms with Crippen LogP contribution in [-0.2, 0) is 36.0 Å². The van der Waals surface area contributed by atoms with Gasteiger partial charge < -0.3 is 25.6 Å². The minimum absolute atomic E-state index is 0.271. The van der Waals surface area contributed by atoms with E-state index in [0.29, 0.717) is 25.9 Å². The van der Waals surface area contributed by atoms with E-state index in [1.807, 2.05) is 24.3 Å². The summed E-state index contributed by atoms with van der Waals surface area (Å²) in [5.41, 5.74) is 3.62. The van der Waals surface area contributed by atoms with Gasteiger partial charge in [-0.1, -0.05) is 96.2 Å². The third kappa shape index (κ3) is 10.7. The highest BCUT2D eigenvalue weighted by Gasteiger charge is 2.32. The Morgan fingerprint density at radius 2 is 0.872 bits per heavy atom. The van der Waals surface area contributed by atoms with Crippen LogP contribution in [0, 0.1) is 0 Å². The lowest BCUT2D eigenvalue weighted by Gasteiger charge is -2.33. The zero-order valence-electron chi connectivity index (χ0n) is 31.0. The summed E-state index contributed by atoms with van der Waals surface area (Å²) in [5, 5.41) is 28.7. The average Bonchev–Trinajstić information content (AvgIpc) is 2.93. The summed E-state index contributed by atoms with van der Waals surface area (Å²) in [6.07, 6.45) is 2.40. The van der Waals surface area contributed by atoms with Crippen molar-refractivity contribution >= 4 is 11.8 Å². The van der Waals surface area contributed by atoms with E-state index in [0.717, 1.165) is 33.4 Å². The highest BCUT2D eigenvalue weighted by Crippen LogP contribution is 2.45.